The molecule has 0 aromatic heterocycles. The number of hydrogen-bond donors (Lipinski definition) is 0. The molecule has 0 N–H and O–H groups in total. The summed E-state index contributed by atoms with van der Waals surface area (Å²) in [5.41, 5.74) is 27.6. The predicted molar refractivity (Wildman–Crippen MR) is 305 cm³/mol. The van der Waals surface area contributed by atoms with Crippen LogP contribution in [0.15, 0.2) is 222 Å². The molecule has 1 atom stereocenters. The van der Waals surface area contributed by atoms with Crippen molar-refractivity contribution in [3.05, 3.63) is 255 Å². The van der Waals surface area contributed by atoms with Gasteiger partial charge in [0, 0.05) is 0 Å². The standard InChI is InChI=1S/C69H64Si/c1-44-41-60(54-29-17-11-18-30-54)67(51(8)63(44)57-35-23-14-24-36-57)70(66-49(6)47(4)48(5)50(66)7,68-52(9)64(58-37-25-15-26-38-58)45(2)42-61(68)55-31-19-12-20-32-55)69-53(10)65(59-39-27-16-28-40-59)46(3)43-62(69)56-33-21-13-22-34-56/h11-43,49H,1-10H3. The van der Waals surface area contributed by atoms with E-state index in [1.165, 1.54) is 132 Å². The summed E-state index contributed by atoms with van der Waals surface area (Å²) >= 11 is 0. The summed E-state index contributed by atoms with van der Waals surface area (Å²) in [5.74, 6) is 0.158. The van der Waals surface area contributed by atoms with Gasteiger partial charge in [0.05, 0.1) is 0 Å². The number of aryl methyl sites for hydroxylation is 3. The summed E-state index contributed by atoms with van der Waals surface area (Å²) in [6, 6.07) is 75.4. The number of rotatable bonds is 10. The average molecular weight is 921 g/mol. The van der Waals surface area contributed by atoms with Crippen LogP contribution in [0.2, 0.25) is 0 Å². The minimum absolute atomic E-state index is 0.158. The first-order valence-corrected chi connectivity index (χ1v) is 27.1. The Labute approximate surface area is 418 Å². The van der Waals surface area contributed by atoms with Crippen molar-refractivity contribution in [2.75, 3.05) is 0 Å². The average Bonchev–Trinajstić information content (AvgIpc) is 3.58. The predicted octanol–water partition coefficient (Wildman–Crippen LogP) is 16.9. The summed E-state index contributed by atoms with van der Waals surface area (Å²) in [6.07, 6.45) is 0. The minimum Gasteiger partial charge on any atom is -0.0636 e. The summed E-state index contributed by atoms with van der Waals surface area (Å²) < 4.78 is 0. The van der Waals surface area contributed by atoms with Crippen molar-refractivity contribution in [3.8, 4) is 66.8 Å². The first-order valence-electron chi connectivity index (χ1n) is 25.1. The topological polar surface area (TPSA) is 0 Å². The van der Waals surface area contributed by atoms with E-state index in [9.17, 15) is 0 Å². The molecule has 0 amide bonds. The van der Waals surface area contributed by atoms with Crippen molar-refractivity contribution in [1.82, 2.24) is 0 Å². The van der Waals surface area contributed by atoms with Crippen LogP contribution in [0.1, 0.15) is 61.1 Å². The molecule has 344 valence electrons. The van der Waals surface area contributed by atoms with Crippen LogP contribution in [-0.4, -0.2) is 8.07 Å². The van der Waals surface area contributed by atoms with Crippen LogP contribution in [0.4, 0.5) is 0 Å². The first kappa shape index (κ1) is 46.4. The largest absolute Gasteiger partial charge is 0.179 e. The monoisotopic (exact) mass is 920 g/mol. The highest BCUT2D eigenvalue weighted by Crippen LogP contribution is 2.48. The van der Waals surface area contributed by atoms with Gasteiger partial charge in [-0.25, -0.2) is 0 Å². The van der Waals surface area contributed by atoms with Gasteiger partial charge in [0.1, 0.15) is 0 Å². The third-order valence-corrected chi connectivity index (χ3v) is 21.7. The fraction of sp³-hybridized carbons (Fsp3) is 0.159. The van der Waals surface area contributed by atoms with Gasteiger partial charge >= 0.3 is 0 Å². The van der Waals surface area contributed by atoms with Crippen molar-refractivity contribution in [2.45, 2.75) is 69.2 Å². The van der Waals surface area contributed by atoms with Gasteiger partial charge in [0.15, 0.2) is 8.07 Å². The second-order valence-electron chi connectivity index (χ2n) is 19.9. The van der Waals surface area contributed by atoms with Crippen LogP contribution in [0.3, 0.4) is 0 Å². The summed E-state index contributed by atoms with van der Waals surface area (Å²) in [7, 11) is -3.74. The summed E-state index contributed by atoms with van der Waals surface area (Å²) in [4.78, 5) is 0. The molecule has 70 heavy (non-hydrogen) atoms. The zero-order valence-corrected chi connectivity index (χ0v) is 43.6. The Balaban J connectivity index is 1.61. The highest BCUT2D eigenvalue weighted by atomic mass is 28.3. The molecule has 0 heterocycles. The third-order valence-electron chi connectivity index (χ3n) is 15.9. The highest BCUT2D eigenvalue weighted by molar-refractivity contribution is 7.18. The van der Waals surface area contributed by atoms with Gasteiger partial charge < -0.3 is 0 Å². The van der Waals surface area contributed by atoms with Crippen molar-refractivity contribution < 1.29 is 0 Å². The van der Waals surface area contributed by atoms with Crippen molar-refractivity contribution in [3.63, 3.8) is 0 Å². The second-order valence-corrected chi connectivity index (χ2v) is 23.4. The Kier molecular flexibility index (Phi) is 12.5. The molecular formula is C69H64Si. The van der Waals surface area contributed by atoms with Gasteiger partial charge in [-0.3, -0.25) is 0 Å². The van der Waals surface area contributed by atoms with E-state index in [2.05, 4.69) is 269 Å². The quantitative estimate of drug-likeness (QED) is 0.0947. The Hall–Kier alpha value is -7.32. The molecule has 1 unspecified atom stereocenters. The van der Waals surface area contributed by atoms with Crippen LogP contribution >= 0.6 is 0 Å². The van der Waals surface area contributed by atoms with Crippen LogP contribution in [0.25, 0.3) is 66.8 Å². The lowest BCUT2D eigenvalue weighted by molar-refractivity contribution is 0.851. The lowest BCUT2D eigenvalue weighted by Gasteiger charge is -2.46. The van der Waals surface area contributed by atoms with Gasteiger partial charge in [0.25, 0.3) is 0 Å². The molecule has 0 saturated carbocycles. The molecular weight excluding hydrogens is 857 g/mol. The van der Waals surface area contributed by atoms with Gasteiger partial charge in [-0.15, -0.1) is 0 Å². The normalized spacial score (nSPS) is 13.9. The van der Waals surface area contributed by atoms with E-state index < -0.39 is 8.07 Å². The SMILES string of the molecule is CC1=C(C)C(C)C([Si](c2c(-c3ccccc3)cc(C)c(-c3ccccc3)c2C)(c2c(-c3ccccc3)cc(C)c(-c3ccccc3)c2C)c2c(-c3ccccc3)cc(C)c(-c3ccccc3)c2C)=C1C. The van der Waals surface area contributed by atoms with Gasteiger partial charge in [-0.2, -0.15) is 0 Å². The zero-order valence-electron chi connectivity index (χ0n) is 42.6. The molecule has 1 heteroatoms. The maximum absolute atomic E-state index is 3.74. The smallest absolute Gasteiger partial charge is 0.0636 e. The number of allylic oxidation sites excluding steroid dienone is 4. The molecule has 0 saturated heterocycles. The van der Waals surface area contributed by atoms with E-state index in [4.69, 9.17) is 0 Å². The van der Waals surface area contributed by atoms with E-state index in [1.54, 1.807) is 5.20 Å². The molecule has 0 fully saturated rings. The number of benzene rings is 9. The van der Waals surface area contributed by atoms with Crippen molar-refractivity contribution in [2.24, 2.45) is 5.92 Å². The van der Waals surface area contributed by atoms with Crippen LogP contribution < -0.4 is 15.6 Å². The molecule has 10 rings (SSSR count). The first-order chi connectivity index (χ1) is 33.9. The van der Waals surface area contributed by atoms with Crippen molar-refractivity contribution >= 4 is 23.6 Å². The summed E-state index contributed by atoms with van der Waals surface area (Å²) in [6.45, 7) is 24.3. The van der Waals surface area contributed by atoms with Crippen LogP contribution in [0, 0.1) is 47.5 Å². The zero-order chi connectivity index (χ0) is 48.8. The van der Waals surface area contributed by atoms with E-state index >= 15 is 0 Å². The fourth-order valence-corrected chi connectivity index (χ4v) is 19.9. The Morgan fingerprint density at radius 3 is 0.771 bits per heavy atom. The van der Waals surface area contributed by atoms with E-state index in [-0.39, 0.29) is 5.92 Å². The molecule has 9 aromatic carbocycles. The Bertz CT molecular complexity index is 3140. The Morgan fingerprint density at radius 1 is 0.300 bits per heavy atom. The van der Waals surface area contributed by atoms with Crippen LogP contribution in [0.5, 0.6) is 0 Å². The highest BCUT2D eigenvalue weighted by Gasteiger charge is 2.54. The maximum Gasteiger partial charge on any atom is 0.179 e. The number of hydrogen-bond acceptors (Lipinski definition) is 0. The molecule has 0 aliphatic heterocycles. The molecule has 0 nitrogen and oxygen atoms in total. The molecule has 9 aromatic rings. The summed E-state index contributed by atoms with van der Waals surface area (Å²) in [5, 5.41) is 5.99. The second kappa shape index (κ2) is 18.9. The minimum atomic E-state index is -3.74. The van der Waals surface area contributed by atoms with Gasteiger partial charge in [0.2, 0.25) is 0 Å². The fourth-order valence-electron chi connectivity index (χ4n) is 12.8. The van der Waals surface area contributed by atoms with Crippen molar-refractivity contribution in [1.29, 1.82) is 0 Å². The molecule has 0 spiro atoms. The van der Waals surface area contributed by atoms with Gasteiger partial charge in [-0.05, 0) is 190 Å². The van der Waals surface area contributed by atoms with Crippen LogP contribution in [-0.2, 0) is 0 Å². The maximum atomic E-state index is 2.57. The molecule has 1 aliphatic carbocycles. The lowest BCUT2D eigenvalue weighted by atomic mass is 9.90. The van der Waals surface area contributed by atoms with E-state index in [0.29, 0.717) is 0 Å². The molecule has 0 bridgehead atoms. The van der Waals surface area contributed by atoms with E-state index in [1.807, 2.05) is 0 Å². The van der Waals surface area contributed by atoms with Gasteiger partial charge in [-0.1, -0.05) is 223 Å². The Morgan fingerprint density at radius 2 is 0.543 bits per heavy atom. The lowest BCUT2D eigenvalue weighted by Crippen LogP contribution is -2.73. The molecule has 0 radical (unpaired) electrons. The third kappa shape index (κ3) is 7.59. The molecule has 1 aliphatic rings. The van der Waals surface area contributed by atoms with E-state index in [0.717, 1.165) is 0 Å².